The van der Waals surface area contributed by atoms with Gasteiger partial charge in [-0.15, -0.1) is 0 Å². The predicted molar refractivity (Wildman–Crippen MR) is 99.6 cm³/mol. The molecule has 1 aromatic carbocycles. The lowest BCUT2D eigenvalue weighted by atomic mass is 10.1. The van der Waals surface area contributed by atoms with Gasteiger partial charge in [0.1, 0.15) is 5.82 Å². The standard InChI is InChI=1S/C20H22N4O/c1-23-13-15(17-6-2-3-7-18(17)23)12-20(25)22-16-9-11-24(14-16)19-8-4-5-10-21-19/h2-8,10,13,16H,9,11-12,14H2,1H3,(H,22,25). The molecule has 4 rings (SSSR count). The highest BCUT2D eigenvalue weighted by molar-refractivity contribution is 5.89. The molecule has 1 aliphatic rings. The number of anilines is 1. The van der Waals surface area contributed by atoms with Crippen molar-refractivity contribution in [2.45, 2.75) is 18.9 Å². The Kier molecular flexibility index (Phi) is 4.14. The molecule has 0 spiro atoms. The van der Waals surface area contributed by atoms with E-state index in [4.69, 9.17) is 0 Å². The van der Waals surface area contributed by atoms with Crippen molar-refractivity contribution in [1.82, 2.24) is 14.9 Å². The van der Waals surface area contributed by atoms with Crippen LogP contribution in [0.1, 0.15) is 12.0 Å². The maximum Gasteiger partial charge on any atom is 0.224 e. The summed E-state index contributed by atoms with van der Waals surface area (Å²) in [5.41, 5.74) is 2.24. The van der Waals surface area contributed by atoms with Crippen LogP contribution in [0.25, 0.3) is 10.9 Å². The predicted octanol–water partition coefficient (Wildman–Crippen LogP) is 2.51. The minimum Gasteiger partial charge on any atom is -0.354 e. The normalized spacial score (nSPS) is 17.2. The number of hydrogen-bond donors (Lipinski definition) is 1. The number of pyridine rings is 1. The highest BCUT2D eigenvalue weighted by Crippen LogP contribution is 2.21. The van der Waals surface area contributed by atoms with Gasteiger partial charge in [-0.3, -0.25) is 4.79 Å². The summed E-state index contributed by atoms with van der Waals surface area (Å²) >= 11 is 0. The molecule has 2 aromatic heterocycles. The number of fused-ring (bicyclic) bond motifs is 1. The molecule has 5 nitrogen and oxygen atoms in total. The van der Waals surface area contributed by atoms with Crippen molar-refractivity contribution in [1.29, 1.82) is 0 Å². The Morgan fingerprint density at radius 1 is 1.24 bits per heavy atom. The Balaban J connectivity index is 1.39. The average Bonchev–Trinajstić information content (AvgIpc) is 3.21. The molecule has 1 fully saturated rings. The number of amides is 1. The lowest BCUT2D eigenvalue weighted by Crippen LogP contribution is -2.38. The molecule has 0 aliphatic carbocycles. The molecule has 5 heteroatoms. The van der Waals surface area contributed by atoms with Gasteiger partial charge in [0.05, 0.1) is 6.42 Å². The van der Waals surface area contributed by atoms with Crippen LogP contribution >= 0.6 is 0 Å². The molecule has 0 bridgehead atoms. The topological polar surface area (TPSA) is 50.2 Å². The molecular weight excluding hydrogens is 312 g/mol. The van der Waals surface area contributed by atoms with Gasteiger partial charge < -0.3 is 14.8 Å². The number of nitrogens with one attached hydrogen (secondary N) is 1. The smallest absolute Gasteiger partial charge is 0.224 e. The Hall–Kier alpha value is -2.82. The van der Waals surface area contributed by atoms with Crippen LogP contribution in [0, 0.1) is 0 Å². The zero-order valence-electron chi connectivity index (χ0n) is 14.4. The Labute approximate surface area is 147 Å². The molecule has 1 unspecified atom stereocenters. The largest absolute Gasteiger partial charge is 0.354 e. The first-order valence-corrected chi connectivity index (χ1v) is 8.69. The van der Waals surface area contributed by atoms with Gasteiger partial charge in [-0.25, -0.2) is 4.98 Å². The van der Waals surface area contributed by atoms with E-state index in [9.17, 15) is 4.79 Å². The van der Waals surface area contributed by atoms with Crippen LogP contribution in [0.4, 0.5) is 5.82 Å². The van der Waals surface area contributed by atoms with Crippen molar-refractivity contribution < 1.29 is 4.79 Å². The summed E-state index contributed by atoms with van der Waals surface area (Å²) in [6.07, 6.45) is 5.24. The Morgan fingerprint density at radius 3 is 2.92 bits per heavy atom. The van der Waals surface area contributed by atoms with Crippen LogP contribution < -0.4 is 10.2 Å². The summed E-state index contributed by atoms with van der Waals surface area (Å²) in [4.78, 5) is 19.1. The van der Waals surface area contributed by atoms with E-state index in [0.717, 1.165) is 41.8 Å². The molecule has 3 aromatic rings. The molecule has 25 heavy (non-hydrogen) atoms. The third kappa shape index (κ3) is 3.22. The van der Waals surface area contributed by atoms with Gasteiger partial charge in [-0.05, 0) is 30.2 Å². The van der Waals surface area contributed by atoms with Gasteiger partial charge in [-0.1, -0.05) is 24.3 Å². The lowest BCUT2D eigenvalue weighted by molar-refractivity contribution is -0.121. The number of aryl methyl sites for hydroxylation is 1. The van der Waals surface area contributed by atoms with Crippen molar-refractivity contribution in [3.05, 3.63) is 60.4 Å². The molecule has 3 heterocycles. The van der Waals surface area contributed by atoms with Crippen LogP contribution in [-0.4, -0.2) is 34.6 Å². The number of benzene rings is 1. The summed E-state index contributed by atoms with van der Waals surface area (Å²) < 4.78 is 2.08. The highest BCUT2D eigenvalue weighted by Gasteiger charge is 2.24. The van der Waals surface area contributed by atoms with E-state index < -0.39 is 0 Å². The first kappa shape index (κ1) is 15.7. The third-order valence-electron chi connectivity index (χ3n) is 4.86. The minimum absolute atomic E-state index is 0.0872. The van der Waals surface area contributed by atoms with Crippen molar-refractivity contribution in [3.63, 3.8) is 0 Å². The molecule has 128 valence electrons. The third-order valence-corrected chi connectivity index (χ3v) is 4.86. The van der Waals surface area contributed by atoms with Gasteiger partial charge in [0.15, 0.2) is 0 Å². The summed E-state index contributed by atoms with van der Waals surface area (Å²) in [5.74, 6) is 1.07. The summed E-state index contributed by atoms with van der Waals surface area (Å²) in [6.45, 7) is 1.74. The maximum atomic E-state index is 12.5. The van der Waals surface area contributed by atoms with Crippen LogP contribution in [-0.2, 0) is 18.3 Å². The number of para-hydroxylation sites is 1. The summed E-state index contributed by atoms with van der Waals surface area (Å²) in [7, 11) is 2.02. The fourth-order valence-corrected chi connectivity index (χ4v) is 3.65. The van der Waals surface area contributed by atoms with Gasteiger partial charge >= 0.3 is 0 Å². The fraction of sp³-hybridized carbons (Fsp3) is 0.300. The van der Waals surface area contributed by atoms with Crippen LogP contribution in [0.2, 0.25) is 0 Å². The van der Waals surface area contributed by atoms with E-state index in [1.54, 1.807) is 0 Å². The van der Waals surface area contributed by atoms with Gasteiger partial charge in [-0.2, -0.15) is 0 Å². The van der Waals surface area contributed by atoms with E-state index in [1.807, 2.05) is 43.6 Å². The van der Waals surface area contributed by atoms with Crippen molar-refractivity contribution >= 4 is 22.6 Å². The van der Waals surface area contributed by atoms with Crippen LogP contribution in [0.15, 0.2) is 54.9 Å². The number of aromatic nitrogens is 2. The number of rotatable bonds is 4. The SMILES string of the molecule is Cn1cc(CC(=O)NC2CCN(c3ccccn3)C2)c2ccccc21. The van der Waals surface area contributed by atoms with E-state index in [-0.39, 0.29) is 11.9 Å². The second-order valence-corrected chi connectivity index (χ2v) is 6.65. The molecule has 1 amide bonds. The number of nitrogens with zero attached hydrogens (tertiary/aromatic N) is 3. The van der Waals surface area contributed by atoms with Gasteiger partial charge in [0, 0.05) is 49.5 Å². The van der Waals surface area contributed by atoms with Crippen molar-refractivity contribution in [3.8, 4) is 0 Å². The molecular formula is C20H22N4O. The zero-order chi connectivity index (χ0) is 17.2. The highest BCUT2D eigenvalue weighted by atomic mass is 16.1. The monoisotopic (exact) mass is 334 g/mol. The summed E-state index contributed by atoms with van der Waals surface area (Å²) in [6, 6.07) is 14.3. The molecule has 1 aliphatic heterocycles. The van der Waals surface area contributed by atoms with Crippen LogP contribution in [0.3, 0.4) is 0 Å². The number of carbonyl (C=O) groups excluding carboxylic acids is 1. The van der Waals surface area contributed by atoms with Crippen LogP contribution in [0.5, 0.6) is 0 Å². The van der Waals surface area contributed by atoms with E-state index >= 15 is 0 Å². The number of carbonyl (C=O) groups is 1. The fourth-order valence-electron chi connectivity index (χ4n) is 3.65. The van der Waals surface area contributed by atoms with E-state index in [0.29, 0.717) is 6.42 Å². The quantitative estimate of drug-likeness (QED) is 0.798. The maximum absolute atomic E-state index is 12.5. The zero-order valence-corrected chi connectivity index (χ0v) is 14.4. The molecule has 0 saturated carbocycles. The van der Waals surface area contributed by atoms with Gasteiger partial charge in [0.25, 0.3) is 0 Å². The summed E-state index contributed by atoms with van der Waals surface area (Å²) in [5, 5.41) is 4.34. The molecule has 1 saturated heterocycles. The molecule has 0 radical (unpaired) electrons. The first-order valence-electron chi connectivity index (χ1n) is 8.69. The Morgan fingerprint density at radius 2 is 2.08 bits per heavy atom. The first-order chi connectivity index (χ1) is 12.2. The molecule has 1 N–H and O–H groups in total. The Bertz CT molecular complexity index is 887. The molecule has 1 atom stereocenters. The number of hydrogen-bond acceptors (Lipinski definition) is 3. The minimum atomic E-state index is 0.0872. The van der Waals surface area contributed by atoms with Crippen molar-refractivity contribution in [2.75, 3.05) is 18.0 Å². The van der Waals surface area contributed by atoms with Crippen molar-refractivity contribution in [2.24, 2.45) is 7.05 Å². The van der Waals surface area contributed by atoms with E-state index in [1.165, 1.54) is 0 Å². The lowest BCUT2D eigenvalue weighted by Gasteiger charge is -2.17. The van der Waals surface area contributed by atoms with Gasteiger partial charge in [0.2, 0.25) is 5.91 Å². The second-order valence-electron chi connectivity index (χ2n) is 6.65. The second kappa shape index (κ2) is 6.59. The average molecular weight is 334 g/mol. The van der Waals surface area contributed by atoms with E-state index in [2.05, 4.69) is 38.1 Å².